The number of aromatic nitrogens is 1. The van der Waals surface area contributed by atoms with Gasteiger partial charge in [-0.05, 0) is 37.1 Å². The number of aromatic carboxylic acids is 1. The molecule has 4 nitrogen and oxygen atoms in total. The van der Waals surface area contributed by atoms with Gasteiger partial charge in [0.25, 0.3) is 0 Å². The van der Waals surface area contributed by atoms with E-state index in [-0.39, 0.29) is 5.56 Å². The van der Waals surface area contributed by atoms with E-state index in [4.69, 9.17) is 5.11 Å². The predicted octanol–water partition coefficient (Wildman–Crippen LogP) is 2.53. The Kier molecular flexibility index (Phi) is 2.63. The van der Waals surface area contributed by atoms with Crippen LogP contribution in [-0.2, 0) is 0 Å². The molecule has 0 radical (unpaired) electrons. The molecule has 18 heavy (non-hydrogen) atoms. The minimum absolute atomic E-state index is 0.286. The van der Waals surface area contributed by atoms with E-state index in [1.807, 2.05) is 12.1 Å². The molecule has 1 N–H and O–H groups in total. The number of rotatable bonds is 2. The second-order valence-corrected chi connectivity index (χ2v) is 4.58. The molecule has 3 rings (SSSR count). The molecule has 0 atom stereocenters. The fourth-order valence-electron chi connectivity index (χ4n) is 2.36. The molecule has 1 fully saturated rings. The van der Waals surface area contributed by atoms with Crippen molar-refractivity contribution >= 4 is 22.7 Å². The topological polar surface area (TPSA) is 53.4 Å². The number of hydrogen-bond acceptors (Lipinski definition) is 3. The first kappa shape index (κ1) is 11.0. The normalized spacial score (nSPS) is 15.2. The number of pyridine rings is 1. The Morgan fingerprint density at radius 1 is 1.17 bits per heavy atom. The first-order valence-corrected chi connectivity index (χ1v) is 6.13. The first-order valence-electron chi connectivity index (χ1n) is 6.13. The summed E-state index contributed by atoms with van der Waals surface area (Å²) in [7, 11) is 0. The number of carboxylic acid groups (broad SMARTS) is 1. The van der Waals surface area contributed by atoms with Crippen LogP contribution in [0.3, 0.4) is 0 Å². The number of hydrogen-bond donors (Lipinski definition) is 1. The van der Waals surface area contributed by atoms with Gasteiger partial charge in [-0.1, -0.05) is 6.07 Å². The van der Waals surface area contributed by atoms with Crippen LogP contribution in [0, 0.1) is 0 Å². The van der Waals surface area contributed by atoms with Gasteiger partial charge in [0.1, 0.15) is 5.82 Å². The molecule has 4 heteroatoms. The maximum atomic E-state index is 10.9. The lowest BCUT2D eigenvalue weighted by atomic mass is 10.1. The zero-order chi connectivity index (χ0) is 12.5. The number of benzene rings is 1. The Hall–Kier alpha value is -2.10. The smallest absolute Gasteiger partial charge is 0.335 e. The standard InChI is InChI=1S/C14H14N2O2/c17-14(18)11-4-3-10-5-6-13(15-12(10)9-11)16-7-1-2-8-16/h3-6,9H,1-2,7-8H2,(H,17,18). The summed E-state index contributed by atoms with van der Waals surface area (Å²) >= 11 is 0. The van der Waals surface area contributed by atoms with Crippen molar-refractivity contribution in [1.29, 1.82) is 0 Å². The number of carboxylic acids is 1. The summed E-state index contributed by atoms with van der Waals surface area (Å²) in [5, 5.41) is 9.96. The van der Waals surface area contributed by atoms with Crippen LogP contribution in [-0.4, -0.2) is 29.1 Å². The van der Waals surface area contributed by atoms with E-state index in [9.17, 15) is 4.79 Å². The second-order valence-electron chi connectivity index (χ2n) is 4.58. The molecular weight excluding hydrogens is 228 g/mol. The first-order chi connectivity index (χ1) is 8.74. The van der Waals surface area contributed by atoms with E-state index < -0.39 is 5.97 Å². The highest BCUT2D eigenvalue weighted by Crippen LogP contribution is 2.22. The highest BCUT2D eigenvalue weighted by Gasteiger charge is 2.14. The van der Waals surface area contributed by atoms with Crippen LogP contribution < -0.4 is 4.90 Å². The number of anilines is 1. The van der Waals surface area contributed by atoms with Crippen molar-refractivity contribution in [3.05, 3.63) is 35.9 Å². The number of fused-ring (bicyclic) bond motifs is 1. The SMILES string of the molecule is O=C(O)c1ccc2ccc(N3CCCC3)nc2c1. The Morgan fingerprint density at radius 2 is 1.89 bits per heavy atom. The van der Waals surface area contributed by atoms with Crippen LogP contribution in [0.25, 0.3) is 10.9 Å². The largest absolute Gasteiger partial charge is 0.478 e. The summed E-state index contributed by atoms with van der Waals surface area (Å²) in [5.41, 5.74) is 1.04. The third-order valence-corrected chi connectivity index (χ3v) is 3.35. The van der Waals surface area contributed by atoms with E-state index in [0.717, 1.165) is 29.8 Å². The third-order valence-electron chi connectivity index (χ3n) is 3.35. The number of nitrogens with zero attached hydrogens (tertiary/aromatic N) is 2. The summed E-state index contributed by atoms with van der Waals surface area (Å²) < 4.78 is 0. The molecule has 2 heterocycles. The van der Waals surface area contributed by atoms with Crippen molar-refractivity contribution in [3.63, 3.8) is 0 Å². The van der Waals surface area contributed by atoms with Gasteiger partial charge >= 0.3 is 5.97 Å². The van der Waals surface area contributed by atoms with Crippen LogP contribution in [0.5, 0.6) is 0 Å². The van der Waals surface area contributed by atoms with E-state index in [1.54, 1.807) is 18.2 Å². The lowest BCUT2D eigenvalue weighted by molar-refractivity contribution is 0.0697. The third kappa shape index (κ3) is 1.90. The molecule has 1 aliphatic rings. The second kappa shape index (κ2) is 4.29. The van der Waals surface area contributed by atoms with Crippen molar-refractivity contribution in [2.45, 2.75) is 12.8 Å². The Balaban J connectivity index is 2.06. The van der Waals surface area contributed by atoms with Gasteiger partial charge in [-0.15, -0.1) is 0 Å². The fraction of sp³-hybridized carbons (Fsp3) is 0.286. The molecule has 1 saturated heterocycles. The van der Waals surface area contributed by atoms with Gasteiger partial charge in [0.05, 0.1) is 11.1 Å². The van der Waals surface area contributed by atoms with Crippen LogP contribution >= 0.6 is 0 Å². The Labute approximate surface area is 105 Å². The van der Waals surface area contributed by atoms with Gasteiger partial charge in [-0.25, -0.2) is 9.78 Å². The van der Waals surface area contributed by atoms with E-state index in [1.165, 1.54) is 12.8 Å². The molecule has 2 aromatic rings. The minimum Gasteiger partial charge on any atom is -0.478 e. The lowest BCUT2D eigenvalue weighted by Gasteiger charge is -2.16. The molecule has 0 amide bonds. The Bertz CT molecular complexity index is 604. The Morgan fingerprint density at radius 3 is 2.61 bits per heavy atom. The maximum Gasteiger partial charge on any atom is 0.335 e. The highest BCUT2D eigenvalue weighted by atomic mass is 16.4. The molecule has 0 unspecified atom stereocenters. The van der Waals surface area contributed by atoms with Crippen LogP contribution in [0.2, 0.25) is 0 Å². The van der Waals surface area contributed by atoms with Crippen LogP contribution in [0.4, 0.5) is 5.82 Å². The van der Waals surface area contributed by atoms with E-state index in [0.29, 0.717) is 0 Å². The van der Waals surface area contributed by atoms with Crippen LogP contribution in [0.1, 0.15) is 23.2 Å². The summed E-state index contributed by atoms with van der Waals surface area (Å²) in [6.07, 6.45) is 2.41. The fourth-order valence-corrected chi connectivity index (χ4v) is 2.36. The summed E-state index contributed by atoms with van der Waals surface area (Å²) in [6.45, 7) is 2.08. The van der Waals surface area contributed by atoms with E-state index in [2.05, 4.69) is 9.88 Å². The molecule has 1 aliphatic heterocycles. The lowest BCUT2D eigenvalue weighted by Crippen LogP contribution is -2.18. The molecule has 1 aromatic carbocycles. The van der Waals surface area contributed by atoms with Crippen molar-refractivity contribution in [1.82, 2.24) is 4.98 Å². The van der Waals surface area contributed by atoms with Crippen molar-refractivity contribution in [2.75, 3.05) is 18.0 Å². The van der Waals surface area contributed by atoms with Crippen molar-refractivity contribution in [3.8, 4) is 0 Å². The van der Waals surface area contributed by atoms with Gasteiger partial charge in [0, 0.05) is 18.5 Å². The maximum absolute atomic E-state index is 10.9. The van der Waals surface area contributed by atoms with Crippen molar-refractivity contribution < 1.29 is 9.90 Å². The highest BCUT2D eigenvalue weighted by molar-refractivity contribution is 5.93. The molecule has 0 bridgehead atoms. The molecule has 0 aliphatic carbocycles. The summed E-state index contributed by atoms with van der Waals surface area (Å²) in [6, 6.07) is 9.06. The van der Waals surface area contributed by atoms with Gasteiger partial charge < -0.3 is 10.0 Å². The average Bonchev–Trinajstić information content (AvgIpc) is 2.91. The minimum atomic E-state index is -0.912. The average molecular weight is 242 g/mol. The molecule has 1 aromatic heterocycles. The van der Waals surface area contributed by atoms with Gasteiger partial charge in [0.15, 0.2) is 0 Å². The van der Waals surface area contributed by atoms with Crippen LogP contribution in [0.15, 0.2) is 30.3 Å². The zero-order valence-electron chi connectivity index (χ0n) is 9.97. The molecule has 92 valence electrons. The summed E-state index contributed by atoms with van der Waals surface area (Å²) in [5.74, 6) is 0.0350. The molecular formula is C14H14N2O2. The number of carbonyl (C=O) groups is 1. The molecule has 0 saturated carbocycles. The van der Waals surface area contributed by atoms with Gasteiger partial charge in [-0.2, -0.15) is 0 Å². The van der Waals surface area contributed by atoms with E-state index >= 15 is 0 Å². The van der Waals surface area contributed by atoms with Gasteiger partial charge in [-0.3, -0.25) is 0 Å². The monoisotopic (exact) mass is 242 g/mol. The van der Waals surface area contributed by atoms with Crippen molar-refractivity contribution in [2.24, 2.45) is 0 Å². The predicted molar refractivity (Wildman–Crippen MR) is 70.1 cm³/mol. The summed E-state index contributed by atoms with van der Waals surface area (Å²) in [4.78, 5) is 17.8. The molecule has 0 spiro atoms. The van der Waals surface area contributed by atoms with Gasteiger partial charge in [0.2, 0.25) is 0 Å². The quantitative estimate of drug-likeness (QED) is 0.879. The zero-order valence-corrected chi connectivity index (χ0v) is 9.97.